The number of rotatable bonds is 4. The van der Waals surface area contributed by atoms with Crippen molar-refractivity contribution in [3.63, 3.8) is 0 Å². The Hall–Kier alpha value is -1.19. The number of nitrogens with zero attached hydrogens (tertiary/aromatic N) is 1. The Labute approximate surface area is 129 Å². The first-order valence-electron chi connectivity index (χ1n) is 6.76. The molecule has 0 unspecified atom stereocenters. The Balaban J connectivity index is 2.11. The molecule has 108 valence electrons. The molecule has 0 aromatic heterocycles. The second-order valence-corrected chi connectivity index (χ2v) is 5.70. The van der Waals surface area contributed by atoms with Crippen LogP contribution in [0.1, 0.15) is 25.7 Å². The second kappa shape index (κ2) is 7.00. The summed E-state index contributed by atoms with van der Waals surface area (Å²) in [6.07, 6.45) is 6.18. The maximum Gasteiger partial charge on any atom is 0.322 e. The highest BCUT2D eigenvalue weighted by molar-refractivity contribution is 6.43. The molecule has 0 aliphatic heterocycles. The lowest BCUT2D eigenvalue weighted by Crippen LogP contribution is -2.41. The van der Waals surface area contributed by atoms with Gasteiger partial charge in [-0.3, -0.25) is 0 Å². The van der Waals surface area contributed by atoms with E-state index < -0.39 is 0 Å². The van der Waals surface area contributed by atoms with Gasteiger partial charge in [-0.1, -0.05) is 48.2 Å². The molecule has 1 saturated carbocycles. The van der Waals surface area contributed by atoms with Gasteiger partial charge in [-0.25, -0.2) is 4.79 Å². The number of benzene rings is 1. The Bertz CT molecular complexity index is 499. The van der Waals surface area contributed by atoms with E-state index in [0.717, 1.165) is 12.8 Å². The van der Waals surface area contributed by atoms with Crippen LogP contribution in [0.4, 0.5) is 10.5 Å². The zero-order valence-corrected chi connectivity index (χ0v) is 12.8. The summed E-state index contributed by atoms with van der Waals surface area (Å²) in [5, 5.41) is 3.63. The Morgan fingerprint density at radius 3 is 2.75 bits per heavy atom. The van der Waals surface area contributed by atoms with Gasteiger partial charge in [0, 0.05) is 12.6 Å². The third-order valence-corrected chi connectivity index (χ3v) is 4.36. The SMILES string of the molecule is C=CCN(C(=O)Nc1cccc(Cl)c1Cl)C1CCCC1. The summed E-state index contributed by atoms with van der Waals surface area (Å²) in [6.45, 7) is 4.26. The average molecular weight is 313 g/mol. The van der Waals surface area contributed by atoms with Crippen LogP contribution >= 0.6 is 23.2 Å². The van der Waals surface area contributed by atoms with Crippen LogP contribution in [-0.2, 0) is 0 Å². The fourth-order valence-electron chi connectivity index (χ4n) is 2.54. The van der Waals surface area contributed by atoms with E-state index in [1.165, 1.54) is 12.8 Å². The van der Waals surface area contributed by atoms with Crippen molar-refractivity contribution < 1.29 is 4.79 Å². The molecular weight excluding hydrogens is 295 g/mol. The summed E-state index contributed by atoms with van der Waals surface area (Å²) in [4.78, 5) is 14.2. The first kappa shape index (κ1) is 15.2. The van der Waals surface area contributed by atoms with Gasteiger partial charge in [0.25, 0.3) is 0 Å². The molecule has 1 aliphatic carbocycles. The molecule has 1 N–H and O–H groups in total. The molecule has 1 fully saturated rings. The van der Waals surface area contributed by atoms with Gasteiger partial charge in [0.15, 0.2) is 0 Å². The summed E-state index contributed by atoms with van der Waals surface area (Å²) in [6, 6.07) is 5.33. The minimum Gasteiger partial charge on any atom is -0.318 e. The highest BCUT2D eigenvalue weighted by atomic mass is 35.5. The molecular formula is C15H18Cl2N2O. The molecule has 2 amide bonds. The van der Waals surface area contributed by atoms with E-state index in [9.17, 15) is 4.79 Å². The van der Waals surface area contributed by atoms with Crippen molar-refractivity contribution in [3.05, 3.63) is 40.9 Å². The van der Waals surface area contributed by atoms with Crippen LogP contribution in [-0.4, -0.2) is 23.5 Å². The van der Waals surface area contributed by atoms with Crippen molar-refractivity contribution in [2.45, 2.75) is 31.7 Å². The molecule has 1 aliphatic rings. The number of halogens is 2. The van der Waals surface area contributed by atoms with Crippen LogP contribution in [0.15, 0.2) is 30.9 Å². The van der Waals surface area contributed by atoms with Crippen molar-refractivity contribution in [1.82, 2.24) is 4.90 Å². The third-order valence-electron chi connectivity index (χ3n) is 3.55. The van der Waals surface area contributed by atoms with Gasteiger partial charge in [0.2, 0.25) is 0 Å². The summed E-state index contributed by atoms with van der Waals surface area (Å²) in [5.41, 5.74) is 0.538. The molecule has 5 heteroatoms. The summed E-state index contributed by atoms with van der Waals surface area (Å²) < 4.78 is 0. The monoisotopic (exact) mass is 312 g/mol. The van der Waals surface area contributed by atoms with Crippen LogP contribution in [0.2, 0.25) is 10.0 Å². The number of nitrogens with one attached hydrogen (secondary N) is 1. The van der Waals surface area contributed by atoms with Crippen LogP contribution in [0.3, 0.4) is 0 Å². The smallest absolute Gasteiger partial charge is 0.318 e. The largest absolute Gasteiger partial charge is 0.322 e. The minimum absolute atomic E-state index is 0.152. The highest BCUT2D eigenvalue weighted by Gasteiger charge is 2.26. The fraction of sp³-hybridized carbons (Fsp3) is 0.400. The number of amides is 2. The van der Waals surface area contributed by atoms with Gasteiger partial charge in [-0.05, 0) is 25.0 Å². The van der Waals surface area contributed by atoms with Crippen molar-refractivity contribution in [1.29, 1.82) is 0 Å². The van der Waals surface area contributed by atoms with E-state index in [1.54, 1.807) is 24.3 Å². The molecule has 0 radical (unpaired) electrons. The van der Waals surface area contributed by atoms with Gasteiger partial charge < -0.3 is 10.2 Å². The van der Waals surface area contributed by atoms with Crippen molar-refractivity contribution in [3.8, 4) is 0 Å². The maximum atomic E-state index is 12.4. The molecule has 0 bridgehead atoms. The van der Waals surface area contributed by atoms with Gasteiger partial charge in [-0.2, -0.15) is 0 Å². The lowest BCUT2D eigenvalue weighted by atomic mass is 10.2. The number of hydrogen-bond acceptors (Lipinski definition) is 1. The average Bonchev–Trinajstić information content (AvgIpc) is 2.95. The van der Waals surface area contributed by atoms with Crippen LogP contribution in [0.5, 0.6) is 0 Å². The standard InChI is InChI=1S/C15H18Cl2N2O/c1-2-10-19(11-6-3-4-7-11)15(20)18-13-9-5-8-12(16)14(13)17/h2,5,8-9,11H,1,3-4,6-7,10H2,(H,18,20). The predicted molar refractivity (Wildman–Crippen MR) is 84.6 cm³/mol. The minimum atomic E-state index is -0.152. The van der Waals surface area contributed by atoms with E-state index in [1.807, 2.05) is 4.90 Å². The first-order chi connectivity index (χ1) is 9.63. The van der Waals surface area contributed by atoms with Gasteiger partial charge in [0.05, 0.1) is 15.7 Å². The molecule has 0 spiro atoms. The van der Waals surface area contributed by atoms with E-state index in [4.69, 9.17) is 23.2 Å². The fourth-order valence-corrected chi connectivity index (χ4v) is 2.89. The number of carbonyl (C=O) groups excluding carboxylic acids is 1. The van der Waals surface area contributed by atoms with Crippen LogP contribution < -0.4 is 5.32 Å². The molecule has 1 aromatic rings. The zero-order chi connectivity index (χ0) is 14.5. The van der Waals surface area contributed by atoms with Crippen LogP contribution in [0.25, 0.3) is 0 Å². The lowest BCUT2D eigenvalue weighted by Gasteiger charge is -2.28. The molecule has 0 saturated heterocycles. The highest BCUT2D eigenvalue weighted by Crippen LogP contribution is 2.30. The second-order valence-electron chi connectivity index (χ2n) is 4.91. The number of hydrogen-bond donors (Lipinski definition) is 1. The Kier molecular flexibility index (Phi) is 5.32. The van der Waals surface area contributed by atoms with Gasteiger partial charge in [0.1, 0.15) is 0 Å². The molecule has 1 aromatic carbocycles. The quantitative estimate of drug-likeness (QED) is 0.783. The summed E-state index contributed by atoms with van der Waals surface area (Å²) in [7, 11) is 0. The lowest BCUT2D eigenvalue weighted by molar-refractivity contribution is 0.196. The number of urea groups is 1. The topological polar surface area (TPSA) is 32.3 Å². The van der Waals surface area contributed by atoms with Crippen molar-refractivity contribution in [2.24, 2.45) is 0 Å². The predicted octanol–water partition coefficient (Wildman–Crippen LogP) is 4.96. The zero-order valence-electron chi connectivity index (χ0n) is 11.2. The molecule has 20 heavy (non-hydrogen) atoms. The van der Waals surface area contributed by atoms with Crippen LogP contribution in [0, 0.1) is 0 Å². The van der Waals surface area contributed by atoms with E-state index >= 15 is 0 Å². The van der Waals surface area contributed by atoms with Crippen molar-refractivity contribution in [2.75, 3.05) is 11.9 Å². The first-order valence-corrected chi connectivity index (χ1v) is 7.51. The summed E-state index contributed by atoms with van der Waals surface area (Å²) in [5.74, 6) is 0. The van der Waals surface area contributed by atoms with Gasteiger partial charge in [-0.15, -0.1) is 6.58 Å². The summed E-state index contributed by atoms with van der Waals surface area (Å²) >= 11 is 12.0. The van der Waals surface area contributed by atoms with Crippen molar-refractivity contribution >= 4 is 34.9 Å². The molecule has 2 rings (SSSR count). The molecule has 0 heterocycles. The maximum absolute atomic E-state index is 12.4. The Morgan fingerprint density at radius 2 is 2.10 bits per heavy atom. The number of anilines is 1. The normalized spacial score (nSPS) is 15.1. The third kappa shape index (κ3) is 3.47. The van der Waals surface area contributed by atoms with E-state index in [-0.39, 0.29) is 12.1 Å². The molecule has 0 atom stereocenters. The van der Waals surface area contributed by atoms with E-state index in [0.29, 0.717) is 22.3 Å². The molecule has 3 nitrogen and oxygen atoms in total. The Morgan fingerprint density at radius 1 is 1.40 bits per heavy atom. The van der Waals surface area contributed by atoms with E-state index in [2.05, 4.69) is 11.9 Å². The van der Waals surface area contributed by atoms with Gasteiger partial charge >= 0.3 is 6.03 Å². The number of carbonyl (C=O) groups is 1.